The molecular weight excluding hydrogens is 160 g/mol. The van der Waals surface area contributed by atoms with Crippen molar-refractivity contribution < 1.29 is 19.7 Å². The van der Waals surface area contributed by atoms with Crippen LogP contribution in [0.5, 0.6) is 0 Å². The summed E-state index contributed by atoms with van der Waals surface area (Å²) < 4.78 is 4.49. The van der Waals surface area contributed by atoms with E-state index in [1.165, 1.54) is 6.92 Å². The molecule has 1 N–H and O–H groups in total. The lowest BCUT2D eigenvalue weighted by Crippen LogP contribution is -2.18. The van der Waals surface area contributed by atoms with Crippen LogP contribution in [-0.2, 0) is 14.6 Å². The van der Waals surface area contributed by atoms with E-state index in [0.29, 0.717) is 6.42 Å². The molecule has 0 bridgehead atoms. The van der Waals surface area contributed by atoms with Crippen molar-refractivity contribution in [3.8, 4) is 0 Å². The van der Waals surface area contributed by atoms with Gasteiger partial charge in [-0.05, 0) is 13.3 Å². The van der Waals surface area contributed by atoms with Gasteiger partial charge in [-0.3, -0.25) is 0 Å². The number of hydrogen-bond acceptors (Lipinski definition) is 3. The van der Waals surface area contributed by atoms with Crippen molar-refractivity contribution in [3.63, 3.8) is 0 Å². The highest BCUT2D eigenvalue weighted by Gasteiger charge is 2.10. The van der Waals surface area contributed by atoms with Crippen molar-refractivity contribution >= 4 is 5.97 Å². The number of carbonyl (C=O) groups excluding carboxylic acids is 1. The highest BCUT2D eigenvalue weighted by molar-refractivity contribution is 5.86. The number of rotatable bonds is 5. The second kappa shape index (κ2) is 5.74. The van der Waals surface area contributed by atoms with Crippen LogP contribution in [0.25, 0.3) is 0 Å². The fourth-order valence-corrected chi connectivity index (χ4v) is 0.541. The van der Waals surface area contributed by atoms with Crippen molar-refractivity contribution in [1.29, 1.82) is 0 Å². The summed E-state index contributed by atoms with van der Waals surface area (Å²) in [5, 5.41) is 19.0. The molecule has 0 aliphatic carbocycles. The Balaban J connectivity index is 3.61. The number of ether oxygens (including phenoxy) is 1. The molecule has 0 aliphatic rings. The Hall–Kier alpha value is -0.870. The molecule has 4 heteroatoms. The van der Waals surface area contributed by atoms with Gasteiger partial charge in [0.1, 0.15) is 0 Å². The molecule has 69 valence electrons. The third-order valence-electron chi connectivity index (χ3n) is 1.19. The zero-order chi connectivity index (χ0) is 9.56. The van der Waals surface area contributed by atoms with Gasteiger partial charge in [0, 0.05) is 12.0 Å². The summed E-state index contributed by atoms with van der Waals surface area (Å²) in [4.78, 5) is 10.8. The van der Waals surface area contributed by atoms with Gasteiger partial charge in [0.25, 0.3) is 0 Å². The SMILES string of the molecule is C=C(C)C(=O)OC(O)CCC[O]. The summed E-state index contributed by atoms with van der Waals surface area (Å²) >= 11 is 0. The number of aliphatic hydroxyl groups is 1. The minimum absolute atomic E-state index is 0.183. The first-order valence-electron chi connectivity index (χ1n) is 3.70. The van der Waals surface area contributed by atoms with E-state index in [2.05, 4.69) is 11.3 Å². The van der Waals surface area contributed by atoms with E-state index in [1.807, 2.05) is 0 Å². The summed E-state index contributed by atoms with van der Waals surface area (Å²) in [6.45, 7) is 4.55. The molecule has 1 atom stereocenters. The van der Waals surface area contributed by atoms with Crippen LogP contribution in [0, 0.1) is 0 Å². The maximum atomic E-state index is 10.8. The van der Waals surface area contributed by atoms with E-state index < -0.39 is 12.3 Å². The van der Waals surface area contributed by atoms with E-state index in [4.69, 9.17) is 5.11 Å². The Kier molecular flexibility index (Phi) is 5.32. The minimum atomic E-state index is -1.18. The molecule has 0 amide bonds. The van der Waals surface area contributed by atoms with E-state index in [0.717, 1.165) is 0 Å². The Morgan fingerprint density at radius 2 is 2.25 bits per heavy atom. The summed E-state index contributed by atoms with van der Waals surface area (Å²) in [6, 6.07) is 0. The predicted octanol–water partition coefficient (Wildman–Crippen LogP) is 0.635. The van der Waals surface area contributed by atoms with Crippen LogP contribution >= 0.6 is 0 Å². The number of esters is 1. The summed E-state index contributed by atoms with van der Waals surface area (Å²) in [6.07, 6.45) is -0.698. The number of carbonyl (C=O) groups is 1. The van der Waals surface area contributed by atoms with E-state index in [-0.39, 0.29) is 18.6 Å². The topological polar surface area (TPSA) is 66.4 Å². The van der Waals surface area contributed by atoms with Crippen LogP contribution in [-0.4, -0.2) is 24.0 Å². The van der Waals surface area contributed by atoms with Crippen LogP contribution in [0.15, 0.2) is 12.2 Å². The van der Waals surface area contributed by atoms with Gasteiger partial charge in [-0.2, -0.15) is 0 Å². The molecule has 0 fully saturated rings. The Morgan fingerprint density at radius 1 is 1.67 bits per heavy atom. The molecular formula is C8H13O4. The Labute approximate surface area is 71.5 Å². The zero-order valence-corrected chi connectivity index (χ0v) is 7.08. The molecule has 12 heavy (non-hydrogen) atoms. The smallest absolute Gasteiger partial charge is 0.335 e. The quantitative estimate of drug-likeness (QED) is 0.377. The van der Waals surface area contributed by atoms with Crippen molar-refractivity contribution in [2.24, 2.45) is 0 Å². The first kappa shape index (κ1) is 11.1. The highest BCUT2D eigenvalue weighted by Crippen LogP contribution is 2.01. The van der Waals surface area contributed by atoms with E-state index >= 15 is 0 Å². The van der Waals surface area contributed by atoms with Gasteiger partial charge in [-0.15, -0.1) is 0 Å². The molecule has 1 radical (unpaired) electrons. The summed E-state index contributed by atoms with van der Waals surface area (Å²) in [7, 11) is 0. The van der Waals surface area contributed by atoms with Gasteiger partial charge in [-0.1, -0.05) is 6.58 Å². The van der Waals surface area contributed by atoms with Crippen LogP contribution in [0.3, 0.4) is 0 Å². The third-order valence-corrected chi connectivity index (χ3v) is 1.19. The Bertz CT molecular complexity index is 164. The lowest BCUT2D eigenvalue weighted by atomic mass is 10.3. The van der Waals surface area contributed by atoms with Crippen LogP contribution in [0.2, 0.25) is 0 Å². The standard InChI is InChI=1S/C8H13O4/c1-6(2)8(11)12-7(10)4-3-5-9/h7,10H,1,3-5H2,2H3. The molecule has 0 aliphatic heterocycles. The lowest BCUT2D eigenvalue weighted by Gasteiger charge is -2.10. The molecule has 1 unspecified atom stereocenters. The molecule has 0 saturated carbocycles. The van der Waals surface area contributed by atoms with Gasteiger partial charge in [0.15, 0.2) is 0 Å². The lowest BCUT2D eigenvalue weighted by molar-refractivity contribution is -0.164. The molecule has 0 spiro atoms. The van der Waals surface area contributed by atoms with Gasteiger partial charge in [-0.25, -0.2) is 9.90 Å². The maximum Gasteiger partial charge on any atom is 0.335 e. The zero-order valence-electron chi connectivity index (χ0n) is 7.08. The molecule has 0 aromatic carbocycles. The Morgan fingerprint density at radius 3 is 2.67 bits per heavy atom. The predicted molar refractivity (Wildman–Crippen MR) is 41.7 cm³/mol. The first-order chi connectivity index (χ1) is 5.57. The second-order valence-corrected chi connectivity index (χ2v) is 2.49. The van der Waals surface area contributed by atoms with Gasteiger partial charge in [0.2, 0.25) is 6.29 Å². The van der Waals surface area contributed by atoms with Crippen molar-refractivity contribution in [2.75, 3.05) is 6.61 Å². The average Bonchev–Trinajstić information content (AvgIpc) is 2.00. The minimum Gasteiger partial charge on any atom is -0.433 e. The fraction of sp³-hybridized carbons (Fsp3) is 0.625. The largest absolute Gasteiger partial charge is 0.433 e. The van der Waals surface area contributed by atoms with Gasteiger partial charge < -0.3 is 9.84 Å². The molecule has 0 aromatic rings. The summed E-state index contributed by atoms with van der Waals surface area (Å²) in [5.74, 6) is -0.631. The number of aliphatic hydroxyl groups excluding tert-OH is 1. The normalized spacial score (nSPS) is 12.2. The van der Waals surface area contributed by atoms with E-state index in [9.17, 15) is 9.90 Å². The summed E-state index contributed by atoms with van der Waals surface area (Å²) in [5.41, 5.74) is 0.233. The highest BCUT2D eigenvalue weighted by atomic mass is 16.6. The second-order valence-electron chi connectivity index (χ2n) is 2.49. The van der Waals surface area contributed by atoms with Crippen molar-refractivity contribution in [3.05, 3.63) is 12.2 Å². The third kappa shape index (κ3) is 4.87. The monoisotopic (exact) mass is 173 g/mol. The first-order valence-corrected chi connectivity index (χ1v) is 3.70. The van der Waals surface area contributed by atoms with Gasteiger partial charge >= 0.3 is 5.97 Å². The van der Waals surface area contributed by atoms with Crippen LogP contribution in [0.4, 0.5) is 0 Å². The number of hydrogen-bond donors (Lipinski definition) is 1. The van der Waals surface area contributed by atoms with Crippen LogP contribution < -0.4 is 0 Å². The van der Waals surface area contributed by atoms with Crippen molar-refractivity contribution in [2.45, 2.75) is 26.1 Å². The van der Waals surface area contributed by atoms with E-state index in [1.54, 1.807) is 0 Å². The van der Waals surface area contributed by atoms with Crippen LogP contribution in [0.1, 0.15) is 19.8 Å². The molecule has 4 nitrogen and oxygen atoms in total. The maximum absolute atomic E-state index is 10.8. The molecule has 0 rings (SSSR count). The molecule has 0 aromatic heterocycles. The molecule has 0 heterocycles. The fourth-order valence-electron chi connectivity index (χ4n) is 0.541. The molecule has 0 saturated heterocycles. The van der Waals surface area contributed by atoms with Gasteiger partial charge in [0.05, 0.1) is 6.61 Å². The average molecular weight is 173 g/mol. The van der Waals surface area contributed by atoms with Crippen molar-refractivity contribution in [1.82, 2.24) is 0 Å².